The second kappa shape index (κ2) is 11.7. The minimum Gasteiger partial charge on any atom is -0.494 e. The van der Waals surface area contributed by atoms with Crippen LogP contribution in [0.3, 0.4) is 0 Å². The van der Waals surface area contributed by atoms with Crippen molar-refractivity contribution in [2.75, 3.05) is 43.1 Å². The quantitative estimate of drug-likeness (QED) is 0.428. The molecule has 0 spiro atoms. The summed E-state index contributed by atoms with van der Waals surface area (Å²) in [6.07, 6.45) is 5.99. The van der Waals surface area contributed by atoms with E-state index in [0.717, 1.165) is 72.8 Å². The lowest BCUT2D eigenvalue weighted by atomic mass is 9.96. The largest absolute Gasteiger partial charge is 0.494 e. The van der Waals surface area contributed by atoms with E-state index >= 15 is 0 Å². The number of piperidine rings is 1. The third kappa shape index (κ3) is 5.99. The van der Waals surface area contributed by atoms with Gasteiger partial charge in [-0.25, -0.2) is 0 Å². The average Bonchev–Trinajstić information content (AvgIpc) is 3.69. The van der Waals surface area contributed by atoms with E-state index in [1.54, 1.807) is 11.3 Å². The molecular formula is C26H34N6O3S. The summed E-state index contributed by atoms with van der Waals surface area (Å²) in [5, 5.41) is 17.2. The van der Waals surface area contributed by atoms with Crippen molar-refractivity contribution in [2.45, 2.75) is 45.3 Å². The topological polar surface area (TPSA) is 93.5 Å². The zero-order valence-corrected chi connectivity index (χ0v) is 21.5. The predicted molar refractivity (Wildman–Crippen MR) is 141 cm³/mol. The van der Waals surface area contributed by atoms with Crippen molar-refractivity contribution >= 4 is 28.1 Å². The molecule has 0 saturated carbocycles. The third-order valence-electron chi connectivity index (χ3n) is 6.75. The number of anilines is 2. The van der Waals surface area contributed by atoms with Gasteiger partial charge in [-0.15, -0.1) is 10.2 Å². The Morgan fingerprint density at radius 3 is 2.69 bits per heavy atom. The summed E-state index contributed by atoms with van der Waals surface area (Å²) in [7, 11) is 0. The first-order chi connectivity index (χ1) is 17.7. The highest BCUT2D eigenvalue weighted by Gasteiger charge is 2.27. The molecule has 1 atom stereocenters. The van der Waals surface area contributed by atoms with Gasteiger partial charge in [0, 0.05) is 49.7 Å². The average molecular weight is 511 g/mol. The summed E-state index contributed by atoms with van der Waals surface area (Å²) in [6.45, 7) is 6.37. The molecule has 192 valence electrons. The van der Waals surface area contributed by atoms with E-state index < -0.39 is 0 Å². The van der Waals surface area contributed by atoms with E-state index in [0.29, 0.717) is 19.7 Å². The Balaban J connectivity index is 1.13. The summed E-state index contributed by atoms with van der Waals surface area (Å²) >= 11 is 1.58. The third-order valence-corrected chi connectivity index (χ3v) is 7.73. The number of rotatable bonds is 10. The molecule has 1 amide bonds. The maximum atomic E-state index is 12.6. The summed E-state index contributed by atoms with van der Waals surface area (Å²) in [4.78, 5) is 14.8. The van der Waals surface area contributed by atoms with Gasteiger partial charge in [0.1, 0.15) is 5.75 Å². The molecule has 0 aliphatic carbocycles. The molecular weight excluding hydrogens is 476 g/mol. The molecule has 3 aromatic rings. The van der Waals surface area contributed by atoms with Crippen LogP contribution in [-0.4, -0.2) is 59.6 Å². The molecule has 2 N–H and O–H groups in total. The molecule has 0 bridgehead atoms. The van der Waals surface area contributed by atoms with E-state index in [1.165, 1.54) is 0 Å². The Labute approximate surface area is 215 Å². The number of nitrogens with one attached hydrogen (secondary N) is 2. The first kappa shape index (κ1) is 24.6. The van der Waals surface area contributed by atoms with Gasteiger partial charge in [0.15, 0.2) is 0 Å². The van der Waals surface area contributed by atoms with Crippen LogP contribution in [0.1, 0.15) is 38.3 Å². The number of aromatic nitrogens is 3. The number of carbonyl (C=O) groups is 1. The molecule has 2 aliphatic heterocycles. The summed E-state index contributed by atoms with van der Waals surface area (Å²) < 4.78 is 13.2. The number of carbonyl (C=O) groups excluding carboxylic acids is 1. The highest BCUT2D eigenvalue weighted by Crippen LogP contribution is 2.29. The van der Waals surface area contributed by atoms with E-state index in [1.807, 2.05) is 43.5 Å². The lowest BCUT2D eigenvalue weighted by Crippen LogP contribution is -2.42. The smallest absolute Gasteiger partial charge is 0.223 e. The molecule has 0 radical (unpaired) electrons. The fourth-order valence-electron chi connectivity index (χ4n) is 4.71. The Morgan fingerprint density at radius 2 is 1.94 bits per heavy atom. The molecule has 5 rings (SSSR count). The van der Waals surface area contributed by atoms with Crippen LogP contribution in [0.4, 0.5) is 10.8 Å². The SMILES string of the molecule is CCOc1ccc(NCc2cccn2-c2nnc(N3CCC(C(=O)NCC4CCCO4)CC3)s2)cc1. The van der Waals surface area contributed by atoms with E-state index in [4.69, 9.17) is 9.47 Å². The number of ether oxygens (including phenoxy) is 2. The Morgan fingerprint density at radius 1 is 1.14 bits per heavy atom. The van der Waals surface area contributed by atoms with Crippen LogP contribution in [0.2, 0.25) is 0 Å². The molecule has 10 heteroatoms. The van der Waals surface area contributed by atoms with Gasteiger partial charge in [-0.05, 0) is 69.0 Å². The fourth-order valence-corrected chi connectivity index (χ4v) is 5.62. The Kier molecular flexibility index (Phi) is 8.02. The van der Waals surface area contributed by atoms with Gasteiger partial charge < -0.3 is 25.0 Å². The molecule has 1 aromatic carbocycles. The monoisotopic (exact) mass is 510 g/mol. The van der Waals surface area contributed by atoms with Crippen molar-refractivity contribution in [3.8, 4) is 10.9 Å². The maximum Gasteiger partial charge on any atom is 0.223 e. The van der Waals surface area contributed by atoms with Gasteiger partial charge in [0.2, 0.25) is 16.2 Å². The van der Waals surface area contributed by atoms with Gasteiger partial charge >= 0.3 is 0 Å². The molecule has 2 fully saturated rings. The molecule has 4 heterocycles. The van der Waals surface area contributed by atoms with E-state index in [2.05, 4.69) is 36.4 Å². The normalized spacial score (nSPS) is 18.4. The minimum absolute atomic E-state index is 0.0553. The van der Waals surface area contributed by atoms with Gasteiger partial charge in [0.25, 0.3) is 0 Å². The van der Waals surface area contributed by atoms with E-state index in [-0.39, 0.29) is 17.9 Å². The van der Waals surface area contributed by atoms with Crippen molar-refractivity contribution in [1.82, 2.24) is 20.1 Å². The molecule has 9 nitrogen and oxygen atoms in total. The predicted octanol–water partition coefficient (Wildman–Crippen LogP) is 3.85. The first-order valence-corrected chi connectivity index (χ1v) is 13.6. The van der Waals surface area contributed by atoms with Crippen LogP contribution in [-0.2, 0) is 16.1 Å². The highest BCUT2D eigenvalue weighted by molar-refractivity contribution is 7.17. The van der Waals surface area contributed by atoms with Crippen molar-refractivity contribution in [1.29, 1.82) is 0 Å². The lowest BCUT2D eigenvalue weighted by Gasteiger charge is -2.30. The zero-order chi connectivity index (χ0) is 24.7. The van der Waals surface area contributed by atoms with Crippen LogP contribution in [0.15, 0.2) is 42.6 Å². The van der Waals surface area contributed by atoms with Crippen LogP contribution < -0.4 is 20.3 Å². The molecule has 2 aliphatic rings. The molecule has 2 aromatic heterocycles. The number of hydrogen-bond donors (Lipinski definition) is 2. The summed E-state index contributed by atoms with van der Waals surface area (Å²) in [5.74, 6) is 1.08. The summed E-state index contributed by atoms with van der Waals surface area (Å²) in [5.41, 5.74) is 2.14. The summed E-state index contributed by atoms with van der Waals surface area (Å²) in [6, 6.07) is 12.1. The lowest BCUT2D eigenvalue weighted by molar-refractivity contribution is -0.126. The number of nitrogens with zero attached hydrogens (tertiary/aromatic N) is 4. The number of amides is 1. The van der Waals surface area contributed by atoms with Gasteiger partial charge in [-0.1, -0.05) is 11.3 Å². The molecule has 2 saturated heterocycles. The van der Waals surface area contributed by atoms with Crippen LogP contribution in [0.25, 0.3) is 5.13 Å². The van der Waals surface area contributed by atoms with Crippen molar-refractivity contribution < 1.29 is 14.3 Å². The minimum atomic E-state index is 0.0553. The fraction of sp³-hybridized carbons (Fsp3) is 0.500. The Hall–Kier alpha value is -3.11. The first-order valence-electron chi connectivity index (χ1n) is 12.8. The van der Waals surface area contributed by atoms with Gasteiger partial charge in [-0.3, -0.25) is 9.36 Å². The van der Waals surface area contributed by atoms with Crippen LogP contribution >= 0.6 is 11.3 Å². The zero-order valence-electron chi connectivity index (χ0n) is 20.7. The van der Waals surface area contributed by atoms with Gasteiger partial charge in [0.05, 0.1) is 19.3 Å². The van der Waals surface area contributed by atoms with E-state index in [9.17, 15) is 4.79 Å². The number of benzene rings is 1. The van der Waals surface area contributed by atoms with Crippen molar-refractivity contribution in [2.24, 2.45) is 5.92 Å². The maximum absolute atomic E-state index is 12.6. The van der Waals surface area contributed by atoms with Crippen molar-refractivity contribution in [3.63, 3.8) is 0 Å². The molecule has 36 heavy (non-hydrogen) atoms. The standard InChI is InChI=1S/C26H34N6O3S/c1-2-34-22-9-7-20(8-10-22)27-17-21-5-3-13-32(21)26-30-29-25(36-26)31-14-11-19(12-15-31)24(33)28-18-23-6-4-16-35-23/h3,5,7-10,13,19,23,27H,2,4,6,11-12,14-18H2,1H3,(H,28,33). The van der Waals surface area contributed by atoms with Crippen LogP contribution in [0, 0.1) is 5.92 Å². The van der Waals surface area contributed by atoms with Crippen molar-refractivity contribution in [3.05, 3.63) is 48.3 Å². The second-order valence-corrected chi connectivity index (χ2v) is 10.1. The highest BCUT2D eigenvalue weighted by atomic mass is 32.1. The number of hydrogen-bond acceptors (Lipinski definition) is 8. The molecule has 1 unspecified atom stereocenters. The Bertz CT molecular complexity index is 1120. The second-order valence-electron chi connectivity index (χ2n) is 9.19. The van der Waals surface area contributed by atoms with Crippen LogP contribution in [0.5, 0.6) is 5.75 Å². The van der Waals surface area contributed by atoms with Gasteiger partial charge in [-0.2, -0.15) is 0 Å².